The van der Waals surface area contributed by atoms with E-state index in [-0.39, 0.29) is 11.4 Å². The number of rotatable bonds is 2. The third-order valence-corrected chi connectivity index (χ3v) is 1.68. The Hall–Kier alpha value is -1.62. The number of carbonyl (C=O) groups excluding carboxylic acids is 1. The second-order valence-electron chi connectivity index (χ2n) is 4.25. The van der Waals surface area contributed by atoms with Crippen LogP contribution in [0.3, 0.4) is 0 Å². The van der Waals surface area contributed by atoms with E-state index < -0.39 is 0 Å². The number of nitrogen functional groups attached to an aromatic ring is 1. The maximum Gasteiger partial charge on any atom is 0.255 e. The first-order valence-electron chi connectivity index (χ1n) is 4.68. The lowest BCUT2D eigenvalue weighted by Gasteiger charge is -2.21. The largest absolute Gasteiger partial charge is 0.347 e. The average Bonchev–Trinajstić information content (AvgIpc) is 2.15. The average molecular weight is 208 g/mol. The number of hydrazine groups is 1. The molecule has 0 bridgehead atoms. The number of anilines is 1. The molecule has 1 aromatic heterocycles. The summed E-state index contributed by atoms with van der Waals surface area (Å²) in [6.45, 7) is 5.74. The van der Waals surface area contributed by atoms with Crippen molar-refractivity contribution >= 4 is 11.7 Å². The lowest BCUT2D eigenvalue weighted by molar-refractivity contribution is 0.0920. The fraction of sp³-hybridized carbons (Fsp3) is 0.400. The molecule has 4 N–H and O–H groups in total. The molecule has 0 spiro atoms. The third kappa shape index (κ3) is 3.21. The van der Waals surface area contributed by atoms with Crippen LogP contribution < -0.4 is 16.6 Å². The van der Waals surface area contributed by atoms with E-state index in [0.29, 0.717) is 11.4 Å². The Labute approximate surface area is 89.0 Å². The highest BCUT2D eigenvalue weighted by molar-refractivity contribution is 5.98. The first-order valence-corrected chi connectivity index (χ1v) is 4.68. The second-order valence-corrected chi connectivity index (χ2v) is 4.25. The molecule has 1 heterocycles. The van der Waals surface area contributed by atoms with Gasteiger partial charge in [-0.2, -0.15) is 0 Å². The highest BCUT2D eigenvalue weighted by Crippen LogP contribution is 2.11. The van der Waals surface area contributed by atoms with E-state index in [0.717, 1.165) is 0 Å². The Balaban J connectivity index is 2.91. The second kappa shape index (κ2) is 4.27. The number of nitrogens with two attached hydrogens (primary N) is 1. The minimum atomic E-state index is -0.279. The number of carbonyl (C=O) groups is 1. The van der Waals surface area contributed by atoms with Crippen molar-refractivity contribution in [2.75, 3.05) is 5.43 Å². The molecule has 0 aromatic carbocycles. The molecule has 0 aliphatic carbocycles. The number of nitrogens with one attached hydrogen (secondary N) is 2. The van der Waals surface area contributed by atoms with Gasteiger partial charge in [0.05, 0.1) is 5.56 Å². The first-order chi connectivity index (χ1) is 6.94. The van der Waals surface area contributed by atoms with E-state index in [1.54, 1.807) is 18.3 Å². The van der Waals surface area contributed by atoms with Crippen molar-refractivity contribution in [1.29, 1.82) is 0 Å². The van der Waals surface area contributed by atoms with Crippen LogP contribution in [0.15, 0.2) is 18.3 Å². The highest BCUT2D eigenvalue weighted by atomic mass is 16.1. The Morgan fingerprint density at radius 1 is 1.47 bits per heavy atom. The molecular formula is C10H16N4O. The number of nitrogens with zero attached hydrogens (tertiary/aromatic N) is 1. The quantitative estimate of drug-likeness (QED) is 0.498. The zero-order valence-corrected chi connectivity index (χ0v) is 9.16. The minimum Gasteiger partial charge on any atom is -0.347 e. The summed E-state index contributed by atoms with van der Waals surface area (Å²) in [5, 5.41) is 2.84. The Bertz CT molecular complexity index is 357. The smallest absolute Gasteiger partial charge is 0.255 e. The number of hydrogen-bond acceptors (Lipinski definition) is 4. The van der Waals surface area contributed by atoms with Crippen LogP contribution in [0, 0.1) is 0 Å². The van der Waals surface area contributed by atoms with E-state index >= 15 is 0 Å². The van der Waals surface area contributed by atoms with Crippen molar-refractivity contribution in [3.63, 3.8) is 0 Å². The van der Waals surface area contributed by atoms with E-state index in [4.69, 9.17) is 5.84 Å². The maximum atomic E-state index is 11.8. The summed E-state index contributed by atoms with van der Waals surface area (Å²) in [7, 11) is 0. The van der Waals surface area contributed by atoms with Gasteiger partial charge in [-0.05, 0) is 32.9 Å². The van der Waals surface area contributed by atoms with E-state index in [9.17, 15) is 4.79 Å². The number of amides is 1. The summed E-state index contributed by atoms with van der Waals surface area (Å²) < 4.78 is 0. The van der Waals surface area contributed by atoms with Crippen LogP contribution >= 0.6 is 0 Å². The number of hydrogen-bond donors (Lipinski definition) is 3. The number of pyridine rings is 1. The molecule has 0 saturated heterocycles. The fourth-order valence-corrected chi connectivity index (χ4v) is 1.11. The predicted molar refractivity (Wildman–Crippen MR) is 59.3 cm³/mol. The topological polar surface area (TPSA) is 80.0 Å². The molecule has 1 aromatic rings. The minimum absolute atomic E-state index is 0.191. The van der Waals surface area contributed by atoms with Gasteiger partial charge in [0, 0.05) is 11.7 Å². The summed E-state index contributed by atoms with van der Waals surface area (Å²) in [6, 6.07) is 3.36. The van der Waals surface area contributed by atoms with E-state index in [1.807, 2.05) is 20.8 Å². The Morgan fingerprint density at radius 3 is 2.67 bits per heavy atom. The molecule has 0 aliphatic rings. The molecular weight excluding hydrogens is 192 g/mol. The summed E-state index contributed by atoms with van der Waals surface area (Å²) in [6.07, 6.45) is 1.57. The summed E-state index contributed by atoms with van der Waals surface area (Å²) >= 11 is 0. The zero-order valence-electron chi connectivity index (χ0n) is 9.16. The standard InChI is InChI=1S/C10H16N4O/c1-10(2,3)13-9(15)7-5-4-6-12-8(7)14-11/h4-6H,11H2,1-3H3,(H,12,14)(H,13,15). The van der Waals surface area contributed by atoms with Gasteiger partial charge in [0.25, 0.3) is 5.91 Å². The summed E-state index contributed by atoms with van der Waals surface area (Å²) in [5.41, 5.74) is 2.55. The van der Waals surface area contributed by atoms with Crippen molar-refractivity contribution in [1.82, 2.24) is 10.3 Å². The van der Waals surface area contributed by atoms with Gasteiger partial charge < -0.3 is 10.7 Å². The van der Waals surface area contributed by atoms with Gasteiger partial charge in [-0.25, -0.2) is 10.8 Å². The number of aromatic nitrogens is 1. The zero-order chi connectivity index (χ0) is 11.5. The highest BCUT2D eigenvalue weighted by Gasteiger charge is 2.17. The lowest BCUT2D eigenvalue weighted by atomic mass is 10.1. The van der Waals surface area contributed by atoms with Crippen molar-refractivity contribution < 1.29 is 4.79 Å². The van der Waals surface area contributed by atoms with Crippen LogP contribution in [0.2, 0.25) is 0 Å². The third-order valence-electron chi connectivity index (χ3n) is 1.68. The maximum absolute atomic E-state index is 11.8. The van der Waals surface area contributed by atoms with Gasteiger partial charge in [-0.1, -0.05) is 0 Å². The molecule has 5 nitrogen and oxygen atoms in total. The molecule has 1 amide bonds. The molecule has 0 atom stereocenters. The van der Waals surface area contributed by atoms with Gasteiger partial charge in [-0.15, -0.1) is 0 Å². The predicted octanol–water partition coefficient (Wildman–Crippen LogP) is 0.895. The van der Waals surface area contributed by atoms with Crippen molar-refractivity contribution in [2.24, 2.45) is 5.84 Å². The van der Waals surface area contributed by atoms with Gasteiger partial charge >= 0.3 is 0 Å². The van der Waals surface area contributed by atoms with Crippen LogP contribution in [0.4, 0.5) is 5.82 Å². The monoisotopic (exact) mass is 208 g/mol. The lowest BCUT2D eigenvalue weighted by Crippen LogP contribution is -2.41. The summed E-state index contributed by atoms with van der Waals surface area (Å²) in [4.78, 5) is 15.7. The molecule has 1 rings (SSSR count). The van der Waals surface area contributed by atoms with Crippen LogP contribution in [-0.2, 0) is 0 Å². The molecule has 82 valence electrons. The van der Waals surface area contributed by atoms with Crippen LogP contribution in [0.1, 0.15) is 31.1 Å². The van der Waals surface area contributed by atoms with Crippen molar-refractivity contribution in [3.8, 4) is 0 Å². The van der Waals surface area contributed by atoms with E-state index in [1.165, 1.54) is 0 Å². The SMILES string of the molecule is CC(C)(C)NC(=O)c1cccnc1NN. The van der Waals surface area contributed by atoms with Crippen LogP contribution in [0.25, 0.3) is 0 Å². The van der Waals surface area contributed by atoms with Crippen molar-refractivity contribution in [2.45, 2.75) is 26.3 Å². The molecule has 0 aliphatic heterocycles. The van der Waals surface area contributed by atoms with Gasteiger partial charge in [0.1, 0.15) is 0 Å². The molecule has 5 heteroatoms. The van der Waals surface area contributed by atoms with Gasteiger partial charge in [-0.3, -0.25) is 4.79 Å². The normalized spacial score (nSPS) is 10.9. The van der Waals surface area contributed by atoms with Crippen molar-refractivity contribution in [3.05, 3.63) is 23.9 Å². The molecule has 0 fully saturated rings. The van der Waals surface area contributed by atoms with E-state index in [2.05, 4.69) is 15.7 Å². The molecule has 15 heavy (non-hydrogen) atoms. The first kappa shape index (κ1) is 11.5. The van der Waals surface area contributed by atoms with Gasteiger partial charge in [0.2, 0.25) is 0 Å². The molecule has 0 radical (unpaired) electrons. The Morgan fingerprint density at radius 2 is 2.13 bits per heavy atom. The molecule has 0 saturated carbocycles. The summed E-state index contributed by atoms with van der Waals surface area (Å²) in [5.74, 6) is 5.44. The van der Waals surface area contributed by atoms with Crippen LogP contribution in [-0.4, -0.2) is 16.4 Å². The van der Waals surface area contributed by atoms with Gasteiger partial charge in [0.15, 0.2) is 5.82 Å². The molecule has 0 unspecified atom stereocenters. The fourth-order valence-electron chi connectivity index (χ4n) is 1.11. The Kier molecular flexibility index (Phi) is 3.26. The van der Waals surface area contributed by atoms with Crippen LogP contribution in [0.5, 0.6) is 0 Å².